The van der Waals surface area contributed by atoms with Crippen LogP contribution in [0.3, 0.4) is 0 Å². The fraction of sp³-hybridized carbons (Fsp3) is 0.462. The Morgan fingerprint density at radius 1 is 1.39 bits per heavy atom. The Morgan fingerprint density at radius 3 is 2.67 bits per heavy atom. The lowest BCUT2D eigenvalue weighted by Gasteiger charge is -2.17. The van der Waals surface area contributed by atoms with Gasteiger partial charge in [-0.05, 0) is 49.8 Å². The van der Waals surface area contributed by atoms with Crippen molar-refractivity contribution in [2.24, 2.45) is 0 Å². The van der Waals surface area contributed by atoms with E-state index in [4.69, 9.17) is 21.7 Å². The molecule has 2 N–H and O–H groups in total. The van der Waals surface area contributed by atoms with Crippen molar-refractivity contribution in [3.05, 3.63) is 23.8 Å². The van der Waals surface area contributed by atoms with Crippen LogP contribution in [0, 0.1) is 6.92 Å². The van der Waals surface area contributed by atoms with Crippen molar-refractivity contribution in [2.45, 2.75) is 19.9 Å². The van der Waals surface area contributed by atoms with Crippen molar-refractivity contribution in [2.75, 3.05) is 26.1 Å². The SMILES string of the molecule is COCC(C)NC(=S)Nc1ccc(OC)cc1C. The first kappa shape index (κ1) is 14.7. The second-order valence-corrected chi connectivity index (χ2v) is 4.54. The first-order valence-electron chi connectivity index (χ1n) is 5.78. The van der Waals surface area contributed by atoms with Gasteiger partial charge in [0.1, 0.15) is 5.75 Å². The number of ether oxygens (including phenoxy) is 2. The van der Waals surface area contributed by atoms with E-state index in [1.807, 2.05) is 32.0 Å². The minimum Gasteiger partial charge on any atom is -0.497 e. The van der Waals surface area contributed by atoms with Gasteiger partial charge in [-0.2, -0.15) is 0 Å². The van der Waals surface area contributed by atoms with Crippen molar-refractivity contribution < 1.29 is 9.47 Å². The molecule has 0 saturated heterocycles. The van der Waals surface area contributed by atoms with Crippen LogP contribution in [0.5, 0.6) is 5.75 Å². The fourth-order valence-electron chi connectivity index (χ4n) is 1.58. The zero-order chi connectivity index (χ0) is 13.5. The number of thiocarbonyl (C=S) groups is 1. The van der Waals surface area contributed by atoms with E-state index < -0.39 is 0 Å². The maximum Gasteiger partial charge on any atom is 0.171 e. The van der Waals surface area contributed by atoms with E-state index in [1.165, 1.54) is 0 Å². The summed E-state index contributed by atoms with van der Waals surface area (Å²) in [6.45, 7) is 4.63. The second kappa shape index (κ2) is 7.18. The van der Waals surface area contributed by atoms with Crippen molar-refractivity contribution in [1.29, 1.82) is 0 Å². The van der Waals surface area contributed by atoms with Crippen LogP contribution in [0.25, 0.3) is 0 Å². The first-order chi connectivity index (χ1) is 8.56. The van der Waals surface area contributed by atoms with Crippen LogP contribution in [0.2, 0.25) is 0 Å². The monoisotopic (exact) mass is 268 g/mol. The normalized spacial score (nSPS) is 11.8. The van der Waals surface area contributed by atoms with E-state index in [1.54, 1.807) is 14.2 Å². The Labute approximate surface area is 114 Å². The Hall–Kier alpha value is -1.33. The lowest BCUT2D eigenvalue weighted by atomic mass is 10.2. The van der Waals surface area contributed by atoms with Crippen LogP contribution in [0.1, 0.15) is 12.5 Å². The minimum atomic E-state index is 0.175. The standard InChI is InChI=1S/C13H20N2O2S/c1-9-7-11(17-4)5-6-12(9)15-13(18)14-10(2)8-16-3/h5-7,10H,8H2,1-4H3,(H2,14,15,18). The van der Waals surface area contributed by atoms with Crippen molar-refractivity contribution in [3.63, 3.8) is 0 Å². The molecule has 0 heterocycles. The van der Waals surface area contributed by atoms with Gasteiger partial charge in [0.05, 0.1) is 13.7 Å². The summed E-state index contributed by atoms with van der Waals surface area (Å²) in [5.41, 5.74) is 2.05. The molecule has 0 aromatic heterocycles. The van der Waals surface area contributed by atoms with Gasteiger partial charge in [-0.1, -0.05) is 0 Å². The third kappa shape index (κ3) is 4.50. The Kier molecular flexibility index (Phi) is 5.88. The average Bonchev–Trinajstić information content (AvgIpc) is 2.31. The minimum absolute atomic E-state index is 0.175. The van der Waals surface area contributed by atoms with Crippen molar-refractivity contribution >= 4 is 23.0 Å². The zero-order valence-electron chi connectivity index (χ0n) is 11.2. The molecule has 4 nitrogen and oxygen atoms in total. The number of rotatable bonds is 5. The number of hydrogen-bond donors (Lipinski definition) is 2. The van der Waals surface area contributed by atoms with Gasteiger partial charge in [0.2, 0.25) is 0 Å². The average molecular weight is 268 g/mol. The predicted octanol–water partition coefficient (Wildman–Crippen LogP) is 2.32. The molecule has 100 valence electrons. The topological polar surface area (TPSA) is 42.5 Å². The molecule has 0 fully saturated rings. The number of nitrogens with one attached hydrogen (secondary N) is 2. The van der Waals surface area contributed by atoms with E-state index in [-0.39, 0.29) is 6.04 Å². The smallest absolute Gasteiger partial charge is 0.171 e. The van der Waals surface area contributed by atoms with Crippen LogP contribution in [0.4, 0.5) is 5.69 Å². The highest BCUT2D eigenvalue weighted by Gasteiger charge is 2.06. The van der Waals surface area contributed by atoms with Gasteiger partial charge < -0.3 is 20.1 Å². The lowest BCUT2D eigenvalue weighted by molar-refractivity contribution is 0.179. The van der Waals surface area contributed by atoms with Crippen molar-refractivity contribution in [1.82, 2.24) is 5.32 Å². The number of hydrogen-bond acceptors (Lipinski definition) is 3. The van der Waals surface area contributed by atoms with E-state index in [9.17, 15) is 0 Å². The fourth-order valence-corrected chi connectivity index (χ4v) is 1.89. The molecule has 0 aliphatic carbocycles. The summed E-state index contributed by atoms with van der Waals surface area (Å²) < 4.78 is 10.2. The second-order valence-electron chi connectivity index (χ2n) is 4.14. The van der Waals surface area contributed by atoms with E-state index in [0.29, 0.717) is 11.7 Å². The van der Waals surface area contributed by atoms with Crippen LogP contribution in [-0.2, 0) is 4.74 Å². The molecule has 0 bridgehead atoms. The highest BCUT2D eigenvalue weighted by Crippen LogP contribution is 2.20. The molecular weight excluding hydrogens is 248 g/mol. The van der Waals surface area contributed by atoms with Gasteiger partial charge in [0.15, 0.2) is 5.11 Å². The van der Waals surface area contributed by atoms with Gasteiger partial charge in [-0.15, -0.1) is 0 Å². The summed E-state index contributed by atoms with van der Waals surface area (Å²) in [6, 6.07) is 5.98. The third-order valence-electron chi connectivity index (χ3n) is 2.48. The molecule has 1 atom stereocenters. The molecule has 0 amide bonds. The van der Waals surface area contributed by atoms with E-state index >= 15 is 0 Å². The van der Waals surface area contributed by atoms with Crippen LogP contribution in [-0.4, -0.2) is 32.0 Å². The van der Waals surface area contributed by atoms with Crippen molar-refractivity contribution in [3.8, 4) is 5.75 Å². The molecule has 5 heteroatoms. The van der Waals surface area contributed by atoms with Gasteiger partial charge >= 0.3 is 0 Å². The van der Waals surface area contributed by atoms with Crippen LogP contribution in [0.15, 0.2) is 18.2 Å². The maximum atomic E-state index is 5.24. The first-order valence-corrected chi connectivity index (χ1v) is 6.18. The number of methoxy groups -OCH3 is 2. The predicted molar refractivity (Wildman–Crippen MR) is 78.4 cm³/mol. The summed E-state index contributed by atoms with van der Waals surface area (Å²) in [5.74, 6) is 0.838. The summed E-state index contributed by atoms with van der Waals surface area (Å²) in [5, 5.41) is 6.90. The molecular formula is C13H20N2O2S. The number of anilines is 1. The highest BCUT2D eigenvalue weighted by atomic mass is 32.1. The molecule has 18 heavy (non-hydrogen) atoms. The molecule has 1 aromatic rings. The summed E-state index contributed by atoms with van der Waals surface area (Å²) >= 11 is 5.24. The Morgan fingerprint density at radius 2 is 2.11 bits per heavy atom. The molecule has 1 aromatic carbocycles. The highest BCUT2D eigenvalue weighted by molar-refractivity contribution is 7.80. The number of aryl methyl sites for hydroxylation is 1. The lowest BCUT2D eigenvalue weighted by Crippen LogP contribution is -2.38. The van der Waals surface area contributed by atoms with Gasteiger partial charge in [-0.25, -0.2) is 0 Å². The summed E-state index contributed by atoms with van der Waals surface area (Å²) in [4.78, 5) is 0. The van der Waals surface area contributed by atoms with Gasteiger partial charge in [-0.3, -0.25) is 0 Å². The van der Waals surface area contributed by atoms with Crippen LogP contribution >= 0.6 is 12.2 Å². The molecule has 0 radical (unpaired) electrons. The number of benzene rings is 1. The van der Waals surface area contributed by atoms with E-state index in [0.717, 1.165) is 17.0 Å². The maximum absolute atomic E-state index is 5.24. The summed E-state index contributed by atoms with van der Waals surface area (Å²) in [6.07, 6.45) is 0. The quantitative estimate of drug-likeness (QED) is 0.802. The van der Waals surface area contributed by atoms with Gasteiger partial charge in [0, 0.05) is 18.8 Å². The molecule has 0 saturated carbocycles. The van der Waals surface area contributed by atoms with Crippen LogP contribution < -0.4 is 15.4 Å². The molecule has 1 rings (SSSR count). The summed E-state index contributed by atoms with van der Waals surface area (Å²) in [7, 11) is 3.32. The van der Waals surface area contributed by atoms with Gasteiger partial charge in [0.25, 0.3) is 0 Å². The molecule has 0 aliphatic rings. The third-order valence-corrected chi connectivity index (χ3v) is 2.70. The largest absolute Gasteiger partial charge is 0.497 e. The zero-order valence-corrected chi connectivity index (χ0v) is 12.1. The Balaban J connectivity index is 2.59. The molecule has 0 spiro atoms. The molecule has 1 unspecified atom stereocenters. The molecule has 0 aliphatic heterocycles. The van der Waals surface area contributed by atoms with E-state index in [2.05, 4.69) is 10.6 Å². The Bertz CT molecular complexity index is 410.